The van der Waals surface area contributed by atoms with Gasteiger partial charge in [0.2, 0.25) is 0 Å². The average molecular weight is 501 g/mol. The summed E-state index contributed by atoms with van der Waals surface area (Å²) in [6.07, 6.45) is 9.68. The van der Waals surface area contributed by atoms with Gasteiger partial charge in [-0.1, -0.05) is 54.4 Å². The summed E-state index contributed by atoms with van der Waals surface area (Å²) in [5.41, 5.74) is 9.45. The maximum absolute atomic E-state index is 13.8. The molecule has 4 aliphatic carbocycles. The number of piperidine rings is 1. The SMILES string of the molecule is O=C(NN1CCCCC1)c1nn(-c2ccccc2-c2ccccc2Cl)c2c1C1CC3CC(C1)CC2C3. The van der Waals surface area contributed by atoms with Gasteiger partial charge in [-0.05, 0) is 74.8 Å². The van der Waals surface area contributed by atoms with Gasteiger partial charge in [0.05, 0.1) is 11.4 Å². The number of rotatable bonds is 4. The fourth-order valence-electron chi connectivity index (χ4n) is 7.67. The summed E-state index contributed by atoms with van der Waals surface area (Å²) >= 11 is 6.67. The number of para-hydroxylation sites is 1. The lowest BCUT2D eigenvalue weighted by atomic mass is 9.67. The Hall–Kier alpha value is -2.63. The maximum atomic E-state index is 13.8. The van der Waals surface area contributed by atoms with E-state index < -0.39 is 0 Å². The van der Waals surface area contributed by atoms with Crippen molar-refractivity contribution in [2.45, 2.75) is 63.2 Å². The molecule has 2 atom stereocenters. The van der Waals surface area contributed by atoms with E-state index in [1.54, 1.807) is 0 Å². The highest BCUT2D eigenvalue weighted by Crippen LogP contribution is 2.57. The second-order valence-electron chi connectivity index (χ2n) is 11.3. The molecule has 1 N–H and O–H groups in total. The van der Waals surface area contributed by atoms with Crippen LogP contribution in [0.25, 0.3) is 16.8 Å². The van der Waals surface area contributed by atoms with E-state index in [0.29, 0.717) is 17.5 Å². The second kappa shape index (κ2) is 9.04. The molecule has 0 radical (unpaired) electrons. The Labute approximate surface area is 217 Å². The Bertz CT molecular complexity index is 1300. The number of nitrogens with one attached hydrogen (secondary N) is 1. The summed E-state index contributed by atoms with van der Waals surface area (Å²) in [7, 11) is 0. The number of carbonyl (C=O) groups excluding carboxylic acids is 1. The van der Waals surface area contributed by atoms with Crippen LogP contribution in [-0.2, 0) is 0 Å². The monoisotopic (exact) mass is 500 g/mol. The van der Waals surface area contributed by atoms with Crippen LogP contribution >= 0.6 is 11.6 Å². The van der Waals surface area contributed by atoms with E-state index in [2.05, 4.69) is 45.4 Å². The van der Waals surface area contributed by atoms with Gasteiger partial charge in [-0.25, -0.2) is 9.69 Å². The van der Waals surface area contributed by atoms with Crippen molar-refractivity contribution in [3.63, 3.8) is 0 Å². The minimum absolute atomic E-state index is 0.0386. The molecular weight excluding hydrogens is 468 g/mol. The van der Waals surface area contributed by atoms with Gasteiger partial charge in [0.15, 0.2) is 5.69 Å². The van der Waals surface area contributed by atoms with E-state index in [4.69, 9.17) is 16.7 Å². The molecule has 3 aromatic rings. The molecule has 1 saturated heterocycles. The molecule has 1 aliphatic heterocycles. The van der Waals surface area contributed by atoms with Crippen LogP contribution in [0, 0.1) is 11.8 Å². The first-order valence-corrected chi connectivity index (χ1v) is 14.1. The van der Waals surface area contributed by atoms with Crippen LogP contribution in [0.5, 0.6) is 0 Å². The number of nitrogens with zero attached hydrogens (tertiary/aromatic N) is 3. The van der Waals surface area contributed by atoms with Gasteiger partial charge in [0.25, 0.3) is 5.91 Å². The number of benzene rings is 2. The van der Waals surface area contributed by atoms with Gasteiger partial charge in [-0.3, -0.25) is 10.2 Å². The van der Waals surface area contributed by atoms with Crippen LogP contribution in [0.1, 0.15) is 84.9 Å². The standard InChI is InChI=1S/C30H33ClN4O/c31-25-10-4-2-8-23(25)24-9-3-5-11-26(24)35-29-22-17-19-14-20(18-22)16-21(15-19)27(29)28(32-35)30(36)33-34-12-6-1-7-13-34/h2-5,8-11,19-22H,1,6-7,12-18H2,(H,33,36). The lowest BCUT2D eigenvalue weighted by Gasteiger charge is -2.38. The van der Waals surface area contributed by atoms with Gasteiger partial charge < -0.3 is 0 Å². The molecule has 1 amide bonds. The summed E-state index contributed by atoms with van der Waals surface area (Å²) in [4.78, 5) is 13.8. The molecule has 3 fully saturated rings. The molecule has 5 aliphatic rings. The topological polar surface area (TPSA) is 50.2 Å². The molecule has 1 aromatic heterocycles. The summed E-state index contributed by atoms with van der Waals surface area (Å²) < 4.78 is 2.13. The first-order chi connectivity index (χ1) is 17.7. The zero-order chi connectivity index (χ0) is 24.2. The molecule has 6 heteroatoms. The molecule has 2 unspecified atom stereocenters. The van der Waals surface area contributed by atoms with Gasteiger partial charge in [0, 0.05) is 40.7 Å². The van der Waals surface area contributed by atoms with Crippen molar-refractivity contribution in [3.8, 4) is 16.8 Å². The number of amides is 1. The summed E-state index contributed by atoms with van der Waals surface area (Å²) in [6.45, 7) is 1.83. The zero-order valence-corrected chi connectivity index (χ0v) is 21.4. The Morgan fingerprint density at radius 3 is 2.25 bits per heavy atom. The van der Waals surface area contributed by atoms with Crippen LogP contribution < -0.4 is 5.43 Å². The number of hydrazine groups is 1. The fraction of sp³-hybridized carbons (Fsp3) is 0.467. The summed E-state index contributed by atoms with van der Waals surface area (Å²) in [5.74, 6) is 2.39. The van der Waals surface area contributed by atoms with Crippen molar-refractivity contribution in [1.82, 2.24) is 20.2 Å². The summed E-state index contributed by atoms with van der Waals surface area (Å²) in [6, 6.07) is 16.4. The predicted molar refractivity (Wildman–Crippen MR) is 142 cm³/mol. The second-order valence-corrected chi connectivity index (χ2v) is 11.8. The molecule has 36 heavy (non-hydrogen) atoms. The molecule has 2 aromatic carbocycles. The quantitative estimate of drug-likeness (QED) is 0.433. The lowest BCUT2D eigenvalue weighted by Crippen LogP contribution is -2.45. The highest BCUT2D eigenvalue weighted by Gasteiger charge is 2.46. The van der Waals surface area contributed by atoms with Gasteiger partial charge >= 0.3 is 0 Å². The lowest BCUT2D eigenvalue weighted by molar-refractivity contribution is 0.0741. The van der Waals surface area contributed by atoms with Crippen molar-refractivity contribution in [3.05, 3.63) is 70.5 Å². The third-order valence-corrected chi connectivity index (χ3v) is 9.35. The highest BCUT2D eigenvalue weighted by molar-refractivity contribution is 6.33. The smallest absolute Gasteiger partial charge is 0.283 e. The number of carbonyl (C=O) groups is 1. The van der Waals surface area contributed by atoms with Crippen molar-refractivity contribution in [2.75, 3.05) is 13.1 Å². The molecular formula is C30H33ClN4O. The Morgan fingerprint density at radius 1 is 0.833 bits per heavy atom. The van der Waals surface area contributed by atoms with Crippen molar-refractivity contribution in [1.29, 1.82) is 0 Å². The highest BCUT2D eigenvalue weighted by atomic mass is 35.5. The molecule has 2 heterocycles. The van der Waals surface area contributed by atoms with Crippen LogP contribution in [0.4, 0.5) is 0 Å². The summed E-state index contributed by atoms with van der Waals surface area (Å²) in [5, 5.41) is 7.96. The zero-order valence-electron chi connectivity index (χ0n) is 20.6. The number of halogens is 1. The number of aromatic nitrogens is 2. The molecule has 4 bridgehead atoms. The van der Waals surface area contributed by atoms with Crippen LogP contribution in [0.3, 0.4) is 0 Å². The van der Waals surface area contributed by atoms with Gasteiger partial charge in [0.1, 0.15) is 0 Å². The molecule has 0 spiro atoms. The minimum atomic E-state index is -0.0386. The van der Waals surface area contributed by atoms with E-state index in [-0.39, 0.29) is 5.91 Å². The number of hydrogen-bond acceptors (Lipinski definition) is 3. The average Bonchev–Trinajstić information content (AvgIpc) is 3.21. The molecule has 8 rings (SSSR count). The van der Waals surface area contributed by atoms with Crippen molar-refractivity contribution < 1.29 is 4.79 Å². The van der Waals surface area contributed by atoms with E-state index >= 15 is 0 Å². The first-order valence-electron chi connectivity index (χ1n) is 13.7. The Morgan fingerprint density at radius 2 is 1.50 bits per heavy atom. The third kappa shape index (κ3) is 3.79. The Balaban J connectivity index is 1.39. The van der Waals surface area contributed by atoms with E-state index in [0.717, 1.165) is 59.6 Å². The van der Waals surface area contributed by atoms with E-state index in [9.17, 15) is 4.79 Å². The van der Waals surface area contributed by atoms with Crippen LogP contribution in [0.15, 0.2) is 48.5 Å². The maximum Gasteiger partial charge on any atom is 0.286 e. The normalized spacial score (nSPS) is 27.0. The van der Waals surface area contributed by atoms with Crippen LogP contribution in [-0.4, -0.2) is 33.8 Å². The first kappa shape index (κ1) is 22.6. The van der Waals surface area contributed by atoms with Crippen molar-refractivity contribution in [2.24, 2.45) is 11.8 Å². The molecule has 5 nitrogen and oxygen atoms in total. The van der Waals surface area contributed by atoms with Crippen LogP contribution in [0.2, 0.25) is 5.02 Å². The van der Waals surface area contributed by atoms with Gasteiger partial charge in [-0.15, -0.1) is 0 Å². The van der Waals surface area contributed by atoms with Gasteiger partial charge in [-0.2, -0.15) is 5.10 Å². The largest absolute Gasteiger partial charge is 0.286 e. The minimum Gasteiger partial charge on any atom is -0.283 e. The third-order valence-electron chi connectivity index (χ3n) is 9.02. The van der Waals surface area contributed by atoms with E-state index in [1.807, 2.05) is 18.2 Å². The Kier molecular flexibility index (Phi) is 5.66. The molecule has 2 saturated carbocycles. The predicted octanol–water partition coefficient (Wildman–Crippen LogP) is 6.71. The van der Waals surface area contributed by atoms with Crippen molar-refractivity contribution >= 4 is 17.5 Å². The fourth-order valence-corrected chi connectivity index (χ4v) is 7.91. The van der Waals surface area contributed by atoms with E-state index in [1.165, 1.54) is 49.8 Å². The number of hydrogen-bond donors (Lipinski definition) is 1. The molecule has 186 valence electrons.